The maximum atomic E-state index is 9.20. The minimum absolute atomic E-state index is 0.0690. The highest BCUT2D eigenvalue weighted by molar-refractivity contribution is 5.91. The van der Waals surface area contributed by atoms with E-state index in [0.717, 1.165) is 24.0 Å². The van der Waals surface area contributed by atoms with E-state index < -0.39 is 0 Å². The van der Waals surface area contributed by atoms with Crippen LogP contribution in [-0.4, -0.2) is 42.5 Å². The molecular weight excluding hydrogens is 228 g/mol. The Labute approximate surface area is 106 Å². The molecule has 0 saturated carbocycles. The number of rotatable bonds is 2. The van der Waals surface area contributed by atoms with Gasteiger partial charge in [-0.2, -0.15) is 0 Å². The van der Waals surface area contributed by atoms with Crippen molar-refractivity contribution in [2.45, 2.75) is 6.10 Å². The second-order valence-corrected chi connectivity index (χ2v) is 4.47. The van der Waals surface area contributed by atoms with E-state index in [1.165, 1.54) is 5.69 Å². The van der Waals surface area contributed by atoms with Crippen LogP contribution in [0.1, 0.15) is 0 Å². The minimum atomic E-state index is -0.0920. The van der Waals surface area contributed by atoms with Crippen LogP contribution in [0, 0.1) is 0 Å². The van der Waals surface area contributed by atoms with Gasteiger partial charge in [0.1, 0.15) is 0 Å². The molecule has 4 nitrogen and oxygen atoms in total. The average molecular weight is 244 g/mol. The Morgan fingerprint density at radius 2 is 2.28 bits per heavy atom. The second kappa shape index (κ2) is 4.92. The molecule has 18 heavy (non-hydrogen) atoms. The van der Waals surface area contributed by atoms with E-state index in [0.29, 0.717) is 6.61 Å². The molecule has 0 unspecified atom stereocenters. The van der Waals surface area contributed by atoms with E-state index in [1.807, 2.05) is 24.4 Å². The Hall–Kier alpha value is -1.65. The fourth-order valence-corrected chi connectivity index (χ4v) is 2.41. The second-order valence-electron chi connectivity index (χ2n) is 4.47. The lowest BCUT2D eigenvalue weighted by Crippen LogP contribution is -2.44. The first-order valence-electron chi connectivity index (χ1n) is 6.19. The predicted octanol–water partition coefficient (Wildman–Crippen LogP) is 1.43. The quantitative estimate of drug-likeness (QED) is 0.868. The number of aliphatic hydroxyl groups excluding tert-OH is 1. The van der Waals surface area contributed by atoms with Crippen LogP contribution in [-0.2, 0) is 4.74 Å². The van der Waals surface area contributed by atoms with Crippen LogP contribution >= 0.6 is 0 Å². The van der Waals surface area contributed by atoms with Crippen LogP contribution in [0.4, 0.5) is 5.69 Å². The van der Waals surface area contributed by atoms with Crippen molar-refractivity contribution in [1.82, 2.24) is 4.98 Å². The summed E-state index contributed by atoms with van der Waals surface area (Å²) in [6.45, 7) is 2.30. The lowest BCUT2D eigenvalue weighted by molar-refractivity contribution is 0.00364. The van der Waals surface area contributed by atoms with Crippen LogP contribution in [0.5, 0.6) is 0 Å². The Morgan fingerprint density at radius 3 is 3.17 bits per heavy atom. The molecule has 1 saturated heterocycles. The molecule has 3 rings (SSSR count). The van der Waals surface area contributed by atoms with E-state index >= 15 is 0 Å². The van der Waals surface area contributed by atoms with Crippen molar-refractivity contribution in [3.05, 3.63) is 36.5 Å². The molecule has 1 N–H and O–H groups in total. The van der Waals surface area contributed by atoms with Crippen molar-refractivity contribution in [2.75, 3.05) is 31.2 Å². The highest BCUT2D eigenvalue weighted by Crippen LogP contribution is 2.26. The highest BCUT2D eigenvalue weighted by atomic mass is 16.5. The van der Waals surface area contributed by atoms with Gasteiger partial charge in [-0.1, -0.05) is 6.07 Å². The van der Waals surface area contributed by atoms with Gasteiger partial charge in [0.05, 0.1) is 24.8 Å². The number of nitrogens with zero attached hydrogens (tertiary/aromatic N) is 2. The van der Waals surface area contributed by atoms with Crippen LogP contribution in [0.3, 0.4) is 0 Å². The topological polar surface area (TPSA) is 45.6 Å². The Kier molecular flexibility index (Phi) is 3.13. The number of aromatic nitrogens is 1. The van der Waals surface area contributed by atoms with Gasteiger partial charge in [0.15, 0.2) is 0 Å². The third kappa shape index (κ3) is 2.05. The molecular formula is C14H16N2O2. The first-order valence-corrected chi connectivity index (χ1v) is 6.19. The zero-order valence-electron chi connectivity index (χ0n) is 10.1. The smallest absolute Gasteiger partial charge is 0.0980 e. The Bertz CT molecular complexity index is 539. The summed E-state index contributed by atoms with van der Waals surface area (Å²) >= 11 is 0. The van der Waals surface area contributed by atoms with Crippen LogP contribution in [0.2, 0.25) is 0 Å². The summed E-state index contributed by atoms with van der Waals surface area (Å²) in [5.74, 6) is 0. The molecule has 0 spiro atoms. The first-order chi connectivity index (χ1) is 8.88. The fraction of sp³-hybridized carbons (Fsp3) is 0.357. The van der Waals surface area contributed by atoms with Gasteiger partial charge >= 0.3 is 0 Å². The fourth-order valence-electron chi connectivity index (χ4n) is 2.41. The number of hydrogen-bond acceptors (Lipinski definition) is 4. The van der Waals surface area contributed by atoms with Crippen molar-refractivity contribution >= 4 is 16.6 Å². The summed E-state index contributed by atoms with van der Waals surface area (Å²) in [4.78, 5) is 6.63. The number of benzene rings is 1. The molecule has 4 heteroatoms. The average Bonchev–Trinajstić information content (AvgIpc) is 2.47. The Morgan fingerprint density at radius 1 is 1.33 bits per heavy atom. The number of morpholine rings is 1. The number of hydrogen-bond donors (Lipinski definition) is 1. The molecule has 1 atom stereocenters. The zero-order chi connectivity index (χ0) is 12.4. The summed E-state index contributed by atoms with van der Waals surface area (Å²) in [5, 5.41) is 10.4. The minimum Gasteiger partial charge on any atom is -0.394 e. The van der Waals surface area contributed by atoms with Gasteiger partial charge in [-0.3, -0.25) is 4.98 Å². The monoisotopic (exact) mass is 244 g/mol. The zero-order valence-corrected chi connectivity index (χ0v) is 10.1. The molecule has 0 radical (unpaired) electrons. The van der Waals surface area contributed by atoms with Gasteiger partial charge in [-0.05, 0) is 24.3 Å². The van der Waals surface area contributed by atoms with Gasteiger partial charge in [0.2, 0.25) is 0 Å². The molecule has 1 fully saturated rings. The first kappa shape index (κ1) is 11.4. The van der Waals surface area contributed by atoms with E-state index in [9.17, 15) is 5.11 Å². The molecule has 2 aromatic rings. The van der Waals surface area contributed by atoms with E-state index in [2.05, 4.69) is 22.0 Å². The van der Waals surface area contributed by atoms with Crippen LogP contribution in [0.15, 0.2) is 36.5 Å². The number of fused-ring (bicyclic) bond motifs is 1. The van der Waals surface area contributed by atoms with Crippen molar-refractivity contribution in [2.24, 2.45) is 0 Å². The van der Waals surface area contributed by atoms with E-state index in [1.54, 1.807) is 0 Å². The molecule has 0 bridgehead atoms. The molecule has 2 heterocycles. The third-order valence-electron chi connectivity index (χ3n) is 3.31. The molecule has 1 aliphatic heterocycles. The molecule has 94 valence electrons. The van der Waals surface area contributed by atoms with Gasteiger partial charge in [-0.25, -0.2) is 0 Å². The highest BCUT2D eigenvalue weighted by Gasteiger charge is 2.21. The van der Waals surface area contributed by atoms with E-state index in [4.69, 9.17) is 4.74 Å². The van der Waals surface area contributed by atoms with Gasteiger partial charge in [0, 0.05) is 30.4 Å². The van der Waals surface area contributed by atoms with Crippen molar-refractivity contribution in [1.29, 1.82) is 0 Å². The largest absolute Gasteiger partial charge is 0.394 e. The molecule has 0 aliphatic carbocycles. The van der Waals surface area contributed by atoms with Crippen molar-refractivity contribution in [3.8, 4) is 0 Å². The normalized spacial score (nSPS) is 20.3. The molecule has 1 aromatic carbocycles. The molecule has 0 amide bonds. The lowest BCUT2D eigenvalue weighted by atomic mass is 10.1. The lowest BCUT2D eigenvalue weighted by Gasteiger charge is -2.34. The number of ether oxygens (including phenoxy) is 1. The summed E-state index contributed by atoms with van der Waals surface area (Å²) < 4.78 is 5.48. The van der Waals surface area contributed by atoms with E-state index in [-0.39, 0.29) is 12.7 Å². The summed E-state index contributed by atoms with van der Waals surface area (Å²) in [5.41, 5.74) is 2.17. The van der Waals surface area contributed by atoms with Gasteiger partial charge in [0.25, 0.3) is 0 Å². The summed E-state index contributed by atoms with van der Waals surface area (Å²) in [6, 6.07) is 10.2. The Balaban J connectivity index is 1.98. The van der Waals surface area contributed by atoms with Gasteiger partial charge in [-0.15, -0.1) is 0 Å². The third-order valence-corrected chi connectivity index (χ3v) is 3.31. The molecule has 1 aliphatic rings. The summed E-state index contributed by atoms with van der Waals surface area (Å²) in [7, 11) is 0. The molecule has 1 aromatic heterocycles. The predicted molar refractivity (Wildman–Crippen MR) is 70.8 cm³/mol. The maximum absolute atomic E-state index is 9.20. The van der Waals surface area contributed by atoms with Crippen LogP contribution in [0.25, 0.3) is 10.9 Å². The summed E-state index contributed by atoms with van der Waals surface area (Å²) in [6.07, 6.45) is 1.72. The van der Waals surface area contributed by atoms with Crippen LogP contribution < -0.4 is 4.90 Å². The number of aliphatic hydroxyl groups is 1. The van der Waals surface area contributed by atoms with Crippen molar-refractivity contribution in [3.63, 3.8) is 0 Å². The standard InChI is InChI=1S/C14H16N2O2/c17-10-11-9-16(7-8-18-11)14-5-1-4-13-12(14)3-2-6-15-13/h1-6,11,17H,7-10H2/t11-/m1/s1. The maximum Gasteiger partial charge on any atom is 0.0980 e. The number of pyridine rings is 1. The SMILES string of the molecule is OC[C@H]1CN(c2cccc3ncccc23)CCO1. The van der Waals surface area contributed by atoms with Crippen molar-refractivity contribution < 1.29 is 9.84 Å². The van der Waals surface area contributed by atoms with Gasteiger partial charge < -0.3 is 14.7 Å². The number of anilines is 1.